The minimum atomic E-state index is -1.73. The fourth-order valence-corrected chi connectivity index (χ4v) is 2.01. The van der Waals surface area contributed by atoms with E-state index in [1.165, 1.54) is 19.2 Å². The van der Waals surface area contributed by atoms with Gasteiger partial charge in [0.25, 0.3) is 0 Å². The van der Waals surface area contributed by atoms with Gasteiger partial charge in [-0.2, -0.15) is 0 Å². The fraction of sp³-hybridized carbons (Fsp3) is 0.538. The van der Waals surface area contributed by atoms with Gasteiger partial charge in [-0.3, -0.25) is 0 Å². The molecule has 0 fully saturated rings. The Balaban J connectivity index is 2.91. The van der Waals surface area contributed by atoms with Gasteiger partial charge in [0.05, 0.1) is 13.7 Å². The Morgan fingerprint density at radius 1 is 0.905 bits per heavy atom. The Bertz CT molecular complexity index is 439. The van der Waals surface area contributed by atoms with Crippen LogP contribution in [0.2, 0.25) is 0 Å². The second kappa shape index (κ2) is 8.94. The molecule has 0 aliphatic heterocycles. The number of benzene rings is 1. The Morgan fingerprint density at radius 2 is 1.48 bits per heavy atom. The first-order valence-corrected chi connectivity index (χ1v) is 7.08. The Labute approximate surface area is 125 Å². The summed E-state index contributed by atoms with van der Waals surface area (Å²) in [5, 5.41) is 37.4. The van der Waals surface area contributed by atoms with Gasteiger partial charge in [-0.1, -0.05) is 26.2 Å². The van der Waals surface area contributed by atoms with Gasteiger partial charge in [-0.15, -0.1) is 0 Å². The lowest BCUT2D eigenvalue weighted by atomic mass is 9.73. The van der Waals surface area contributed by atoms with Crippen molar-refractivity contribution in [2.75, 3.05) is 13.7 Å². The highest BCUT2D eigenvalue weighted by Crippen LogP contribution is 2.15. The van der Waals surface area contributed by atoms with Crippen LogP contribution in [0.4, 0.5) is 0 Å². The average molecular weight is 296 g/mol. The summed E-state index contributed by atoms with van der Waals surface area (Å²) < 4.78 is 10.5. The average Bonchev–Trinajstić information content (AvgIpc) is 2.45. The van der Waals surface area contributed by atoms with E-state index in [4.69, 9.17) is 9.47 Å². The molecule has 0 heterocycles. The normalized spacial score (nSPS) is 10.4. The van der Waals surface area contributed by atoms with Crippen LogP contribution in [0.5, 0.6) is 11.5 Å². The van der Waals surface area contributed by atoms with Crippen LogP contribution in [0.15, 0.2) is 12.1 Å². The van der Waals surface area contributed by atoms with E-state index in [0.29, 0.717) is 6.61 Å². The van der Waals surface area contributed by atoms with Gasteiger partial charge in [0.1, 0.15) is 11.5 Å². The maximum atomic E-state index is 9.39. The lowest BCUT2D eigenvalue weighted by molar-refractivity contribution is 0.305. The molecule has 0 unspecified atom stereocenters. The van der Waals surface area contributed by atoms with Crippen LogP contribution in [-0.2, 0) is 0 Å². The van der Waals surface area contributed by atoms with Crippen LogP contribution >= 0.6 is 0 Å². The molecule has 4 N–H and O–H groups in total. The van der Waals surface area contributed by atoms with Gasteiger partial charge in [-0.25, -0.2) is 0 Å². The minimum absolute atomic E-state index is 0.116. The summed E-state index contributed by atoms with van der Waals surface area (Å²) in [6.45, 7) is 2.53. The van der Waals surface area contributed by atoms with Gasteiger partial charge < -0.3 is 29.6 Å². The molecule has 0 atom stereocenters. The Kier molecular flexibility index (Phi) is 7.60. The lowest BCUT2D eigenvalue weighted by Crippen LogP contribution is -2.37. The molecule has 0 aliphatic carbocycles. The van der Waals surface area contributed by atoms with E-state index in [1.807, 2.05) is 0 Å². The van der Waals surface area contributed by atoms with E-state index in [1.54, 1.807) is 0 Å². The quantitative estimate of drug-likeness (QED) is 0.345. The molecule has 1 aromatic rings. The number of rotatable bonds is 9. The van der Waals surface area contributed by atoms with E-state index < -0.39 is 14.2 Å². The predicted octanol–water partition coefficient (Wildman–Crippen LogP) is -0.986. The summed E-state index contributed by atoms with van der Waals surface area (Å²) >= 11 is 0. The molecule has 1 aromatic carbocycles. The van der Waals surface area contributed by atoms with Crippen molar-refractivity contribution in [3.8, 4) is 11.5 Å². The monoisotopic (exact) mass is 296 g/mol. The zero-order valence-electron chi connectivity index (χ0n) is 12.5. The molecule has 0 aromatic heterocycles. The van der Waals surface area contributed by atoms with Gasteiger partial charge in [-0.05, 0) is 18.6 Å². The van der Waals surface area contributed by atoms with Crippen molar-refractivity contribution in [1.82, 2.24) is 0 Å². The highest BCUT2D eigenvalue weighted by atomic mass is 16.5. The van der Waals surface area contributed by atoms with Crippen molar-refractivity contribution < 1.29 is 29.6 Å². The van der Waals surface area contributed by atoms with E-state index >= 15 is 0 Å². The van der Waals surface area contributed by atoms with Gasteiger partial charge in [0.2, 0.25) is 0 Å². The Morgan fingerprint density at radius 3 is 2.00 bits per heavy atom. The molecular formula is C13H22B2O6. The van der Waals surface area contributed by atoms with E-state index in [9.17, 15) is 20.1 Å². The van der Waals surface area contributed by atoms with Gasteiger partial charge >= 0.3 is 14.2 Å². The topological polar surface area (TPSA) is 99.4 Å². The molecule has 21 heavy (non-hydrogen) atoms. The molecule has 0 saturated heterocycles. The van der Waals surface area contributed by atoms with Crippen LogP contribution in [0.1, 0.15) is 32.6 Å². The largest absolute Gasteiger partial charge is 0.497 e. The minimum Gasteiger partial charge on any atom is -0.497 e. The zero-order chi connectivity index (χ0) is 15.8. The second-order valence-electron chi connectivity index (χ2n) is 4.79. The molecular weight excluding hydrogens is 274 g/mol. The van der Waals surface area contributed by atoms with Crippen molar-refractivity contribution >= 4 is 25.2 Å². The summed E-state index contributed by atoms with van der Waals surface area (Å²) in [4.78, 5) is 0. The molecule has 0 aliphatic rings. The van der Waals surface area contributed by atoms with Crippen LogP contribution in [0, 0.1) is 0 Å². The third-order valence-electron chi connectivity index (χ3n) is 3.17. The van der Waals surface area contributed by atoms with Crippen molar-refractivity contribution in [3.05, 3.63) is 12.1 Å². The van der Waals surface area contributed by atoms with Crippen LogP contribution < -0.4 is 20.4 Å². The molecule has 0 spiro atoms. The third-order valence-corrected chi connectivity index (χ3v) is 3.17. The molecule has 6 nitrogen and oxygen atoms in total. The lowest BCUT2D eigenvalue weighted by Gasteiger charge is -2.16. The molecule has 0 saturated carbocycles. The maximum Gasteiger partial charge on any atom is 0.492 e. The molecule has 0 bridgehead atoms. The number of ether oxygens (including phenoxy) is 2. The smallest absolute Gasteiger partial charge is 0.492 e. The van der Waals surface area contributed by atoms with Gasteiger partial charge in [0, 0.05) is 10.9 Å². The maximum absolute atomic E-state index is 9.39. The highest BCUT2D eigenvalue weighted by Gasteiger charge is 2.25. The third kappa shape index (κ3) is 5.24. The number of hydrogen-bond acceptors (Lipinski definition) is 6. The van der Waals surface area contributed by atoms with Crippen molar-refractivity contribution in [1.29, 1.82) is 0 Å². The van der Waals surface area contributed by atoms with E-state index in [0.717, 1.165) is 25.7 Å². The second-order valence-corrected chi connectivity index (χ2v) is 4.79. The van der Waals surface area contributed by atoms with E-state index in [2.05, 4.69) is 6.92 Å². The first kappa shape index (κ1) is 17.8. The summed E-state index contributed by atoms with van der Waals surface area (Å²) in [7, 11) is -2.10. The van der Waals surface area contributed by atoms with Crippen molar-refractivity contribution in [3.63, 3.8) is 0 Å². The first-order valence-electron chi connectivity index (χ1n) is 7.08. The molecule has 8 heteroatoms. The number of methoxy groups -OCH3 is 1. The SMILES string of the molecule is CCCCCCOc1cc(B(O)O)c(OC)cc1B(O)O. The molecule has 0 amide bonds. The Hall–Kier alpha value is -1.21. The van der Waals surface area contributed by atoms with E-state index in [-0.39, 0.29) is 22.4 Å². The predicted molar refractivity (Wildman–Crippen MR) is 82.3 cm³/mol. The molecule has 1 rings (SSSR count). The van der Waals surface area contributed by atoms with Crippen molar-refractivity contribution in [2.24, 2.45) is 0 Å². The first-order chi connectivity index (χ1) is 10.0. The zero-order valence-corrected chi connectivity index (χ0v) is 12.5. The highest BCUT2D eigenvalue weighted by molar-refractivity contribution is 6.62. The van der Waals surface area contributed by atoms with Crippen LogP contribution in [0.25, 0.3) is 0 Å². The summed E-state index contributed by atoms with van der Waals surface area (Å²) in [6.07, 6.45) is 4.10. The summed E-state index contributed by atoms with van der Waals surface area (Å²) in [5.41, 5.74) is 0.247. The van der Waals surface area contributed by atoms with Crippen LogP contribution in [0.3, 0.4) is 0 Å². The van der Waals surface area contributed by atoms with Crippen molar-refractivity contribution in [2.45, 2.75) is 32.6 Å². The number of hydrogen-bond donors (Lipinski definition) is 4. The molecule has 116 valence electrons. The fourth-order valence-electron chi connectivity index (χ4n) is 2.01. The molecule has 0 radical (unpaired) electrons. The summed E-state index contributed by atoms with van der Waals surface area (Å²) in [5.74, 6) is 0.372. The standard InChI is InChI=1S/C13H22B2O6/c1-3-4-5-6-7-21-13-9-10(14(16)17)12(20-2)8-11(13)15(18)19/h8-9,16-19H,3-7H2,1-2H3. The van der Waals surface area contributed by atoms with Crippen LogP contribution in [-0.4, -0.2) is 48.0 Å². The summed E-state index contributed by atoms with van der Waals surface area (Å²) in [6, 6.07) is 2.69. The number of unbranched alkanes of at least 4 members (excludes halogenated alkanes) is 3. The van der Waals surface area contributed by atoms with Gasteiger partial charge in [0.15, 0.2) is 0 Å².